The van der Waals surface area contributed by atoms with Gasteiger partial charge in [-0.05, 0) is 50.4 Å². The van der Waals surface area contributed by atoms with Gasteiger partial charge in [-0.1, -0.05) is 13.3 Å². The van der Waals surface area contributed by atoms with Crippen LogP contribution in [-0.2, 0) is 6.42 Å². The van der Waals surface area contributed by atoms with Crippen molar-refractivity contribution in [1.82, 2.24) is 10.3 Å². The summed E-state index contributed by atoms with van der Waals surface area (Å²) in [5.74, 6) is 0. The molecule has 2 nitrogen and oxygen atoms in total. The van der Waals surface area contributed by atoms with Crippen LogP contribution in [0.1, 0.15) is 37.8 Å². The Morgan fingerprint density at radius 2 is 2.27 bits per heavy atom. The molecule has 2 heteroatoms. The molecule has 0 spiro atoms. The molecule has 0 aliphatic heterocycles. The molecule has 0 fully saturated rings. The van der Waals surface area contributed by atoms with Crippen LogP contribution < -0.4 is 5.32 Å². The van der Waals surface area contributed by atoms with Crippen molar-refractivity contribution in [2.24, 2.45) is 0 Å². The Kier molecular flexibility index (Phi) is 5.33. The smallest absolute Gasteiger partial charge is 0.0299 e. The lowest BCUT2D eigenvalue weighted by Gasteiger charge is -2.13. The molecule has 1 unspecified atom stereocenters. The van der Waals surface area contributed by atoms with E-state index in [0.717, 1.165) is 13.0 Å². The van der Waals surface area contributed by atoms with Gasteiger partial charge in [0, 0.05) is 18.4 Å². The molecule has 0 saturated carbocycles. The Hall–Kier alpha value is -0.890. The van der Waals surface area contributed by atoms with Crippen molar-refractivity contribution in [2.75, 3.05) is 6.54 Å². The Labute approximate surface area is 93.1 Å². The van der Waals surface area contributed by atoms with E-state index in [0.29, 0.717) is 6.04 Å². The predicted molar refractivity (Wildman–Crippen MR) is 65.1 cm³/mol. The highest BCUT2D eigenvalue weighted by Crippen LogP contribution is 2.05. The molecule has 0 aromatic carbocycles. The van der Waals surface area contributed by atoms with E-state index in [-0.39, 0.29) is 0 Å². The Morgan fingerprint density at radius 1 is 1.47 bits per heavy atom. The zero-order valence-corrected chi connectivity index (χ0v) is 10.1. The van der Waals surface area contributed by atoms with E-state index in [1.807, 2.05) is 12.4 Å². The Balaban J connectivity index is 2.29. The average molecular weight is 206 g/mol. The van der Waals surface area contributed by atoms with Crippen LogP contribution in [0.15, 0.2) is 18.5 Å². The second kappa shape index (κ2) is 6.57. The lowest BCUT2D eigenvalue weighted by Crippen LogP contribution is -2.27. The van der Waals surface area contributed by atoms with Crippen molar-refractivity contribution in [3.05, 3.63) is 29.6 Å². The molecule has 84 valence electrons. The third-order valence-electron chi connectivity index (χ3n) is 2.75. The molecule has 0 radical (unpaired) electrons. The van der Waals surface area contributed by atoms with Crippen molar-refractivity contribution >= 4 is 0 Å². The van der Waals surface area contributed by atoms with Crippen LogP contribution >= 0.6 is 0 Å². The van der Waals surface area contributed by atoms with Gasteiger partial charge in [-0.15, -0.1) is 0 Å². The summed E-state index contributed by atoms with van der Waals surface area (Å²) in [6.45, 7) is 7.66. The molecule has 1 aromatic heterocycles. The van der Waals surface area contributed by atoms with Gasteiger partial charge in [0.2, 0.25) is 0 Å². The van der Waals surface area contributed by atoms with E-state index in [1.165, 1.54) is 24.0 Å². The number of rotatable bonds is 6. The van der Waals surface area contributed by atoms with Crippen molar-refractivity contribution in [3.63, 3.8) is 0 Å². The maximum Gasteiger partial charge on any atom is 0.0299 e. The van der Waals surface area contributed by atoms with E-state index in [1.54, 1.807) is 0 Å². The maximum atomic E-state index is 4.10. The number of nitrogens with zero attached hydrogens (tertiary/aromatic N) is 1. The van der Waals surface area contributed by atoms with Crippen LogP contribution in [0.2, 0.25) is 0 Å². The van der Waals surface area contributed by atoms with E-state index in [9.17, 15) is 0 Å². The summed E-state index contributed by atoms with van der Waals surface area (Å²) in [5, 5.41) is 3.54. The highest BCUT2D eigenvalue weighted by molar-refractivity contribution is 5.21. The molecule has 0 bridgehead atoms. The molecular weight excluding hydrogens is 184 g/mol. The second-order valence-electron chi connectivity index (χ2n) is 4.20. The number of nitrogens with one attached hydrogen (secondary N) is 1. The first-order valence-corrected chi connectivity index (χ1v) is 5.87. The molecule has 1 N–H and O–H groups in total. The Bertz CT molecular complexity index is 284. The summed E-state index contributed by atoms with van der Waals surface area (Å²) in [7, 11) is 0. The molecule has 1 aromatic rings. The normalized spacial score (nSPS) is 12.7. The fraction of sp³-hybridized carbons (Fsp3) is 0.615. The monoisotopic (exact) mass is 206 g/mol. The molecule has 15 heavy (non-hydrogen) atoms. The fourth-order valence-corrected chi connectivity index (χ4v) is 1.77. The Morgan fingerprint density at radius 3 is 2.93 bits per heavy atom. The van der Waals surface area contributed by atoms with Crippen LogP contribution in [-0.4, -0.2) is 17.6 Å². The van der Waals surface area contributed by atoms with Gasteiger partial charge in [-0.2, -0.15) is 0 Å². The molecule has 0 aliphatic carbocycles. The van der Waals surface area contributed by atoms with Gasteiger partial charge in [0.05, 0.1) is 0 Å². The number of hydrogen-bond acceptors (Lipinski definition) is 2. The van der Waals surface area contributed by atoms with Crippen LogP contribution in [0.5, 0.6) is 0 Å². The quantitative estimate of drug-likeness (QED) is 0.774. The zero-order valence-electron chi connectivity index (χ0n) is 10.1. The summed E-state index contributed by atoms with van der Waals surface area (Å²) in [5.41, 5.74) is 2.70. The van der Waals surface area contributed by atoms with Gasteiger partial charge in [0.15, 0.2) is 0 Å². The zero-order chi connectivity index (χ0) is 11.1. The summed E-state index contributed by atoms with van der Waals surface area (Å²) >= 11 is 0. The molecule has 0 saturated heterocycles. The third-order valence-corrected chi connectivity index (χ3v) is 2.75. The van der Waals surface area contributed by atoms with Gasteiger partial charge < -0.3 is 5.32 Å². The predicted octanol–water partition coefficient (Wildman–Crippen LogP) is 2.71. The number of aryl methyl sites for hydroxylation is 1. The summed E-state index contributed by atoms with van der Waals surface area (Å²) in [6, 6.07) is 2.75. The number of aromatic nitrogens is 1. The van der Waals surface area contributed by atoms with E-state index in [4.69, 9.17) is 0 Å². The SMILES string of the molecule is CCCC(C)NCCc1ccncc1C. The second-order valence-corrected chi connectivity index (χ2v) is 4.20. The van der Waals surface area contributed by atoms with Crippen molar-refractivity contribution in [3.8, 4) is 0 Å². The minimum atomic E-state index is 0.636. The van der Waals surface area contributed by atoms with Gasteiger partial charge in [-0.25, -0.2) is 0 Å². The largest absolute Gasteiger partial charge is 0.314 e. The summed E-state index contributed by atoms with van der Waals surface area (Å²) < 4.78 is 0. The lowest BCUT2D eigenvalue weighted by molar-refractivity contribution is 0.511. The van der Waals surface area contributed by atoms with Crippen LogP contribution in [0.25, 0.3) is 0 Å². The highest BCUT2D eigenvalue weighted by Gasteiger charge is 2.00. The van der Waals surface area contributed by atoms with E-state index in [2.05, 4.69) is 37.1 Å². The standard InChI is InChI=1S/C13H22N2/c1-4-5-12(3)15-9-7-13-6-8-14-10-11(13)2/h6,8,10,12,15H,4-5,7,9H2,1-3H3. The minimum Gasteiger partial charge on any atom is -0.314 e. The van der Waals surface area contributed by atoms with Crippen LogP contribution in [0.3, 0.4) is 0 Å². The maximum absolute atomic E-state index is 4.10. The number of pyridine rings is 1. The fourth-order valence-electron chi connectivity index (χ4n) is 1.77. The first-order chi connectivity index (χ1) is 7.24. The average Bonchev–Trinajstić information content (AvgIpc) is 2.21. The van der Waals surface area contributed by atoms with Crippen molar-refractivity contribution in [2.45, 2.75) is 46.1 Å². The summed E-state index contributed by atoms with van der Waals surface area (Å²) in [4.78, 5) is 4.10. The molecule has 0 amide bonds. The van der Waals surface area contributed by atoms with Gasteiger partial charge in [0.1, 0.15) is 0 Å². The third kappa shape index (κ3) is 4.43. The van der Waals surface area contributed by atoms with Gasteiger partial charge in [0.25, 0.3) is 0 Å². The minimum absolute atomic E-state index is 0.636. The molecule has 1 atom stereocenters. The van der Waals surface area contributed by atoms with Gasteiger partial charge in [-0.3, -0.25) is 4.98 Å². The van der Waals surface area contributed by atoms with Crippen molar-refractivity contribution in [1.29, 1.82) is 0 Å². The van der Waals surface area contributed by atoms with Crippen molar-refractivity contribution < 1.29 is 0 Å². The van der Waals surface area contributed by atoms with Crippen LogP contribution in [0, 0.1) is 6.92 Å². The lowest BCUT2D eigenvalue weighted by atomic mass is 10.1. The van der Waals surface area contributed by atoms with E-state index >= 15 is 0 Å². The summed E-state index contributed by atoms with van der Waals surface area (Å²) in [6.07, 6.45) is 7.42. The topological polar surface area (TPSA) is 24.9 Å². The molecule has 0 aliphatic rings. The first-order valence-electron chi connectivity index (χ1n) is 5.87. The highest BCUT2D eigenvalue weighted by atomic mass is 14.9. The molecule has 1 heterocycles. The van der Waals surface area contributed by atoms with E-state index < -0.39 is 0 Å². The molecule has 1 rings (SSSR count). The first kappa shape index (κ1) is 12.2. The van der Waals surface area contributed by atoms with Gasteiger partial charge >= 0.3 is 0 Å². The molecular formula is C13H22N2. The van der Waals surface area contributed by atoms with Crippen LogP contribution in [0.4, 0.5) is 0 Å². The number of hydrogen-bond donors (Lipinski definition) is 1.